The van der Waals surface area contributed by atoms with E-state index in [4.69, 9.17) is 11.6 Å². The van der Waals surface area contributed by atoms with Gasteiger partial charge in [-0.2, -0.15) is 0 Å². The molecule has 1 fully saturated rings. The van der Waals surface area contributed by atoms with E-state index in [1.54, 1.807) is 15.9 Å². The quantitative estimate of drug-likeness (QED) is 0.825. The highest BCUT2D eigenvalue weighted by molar-refractivity contribution is 6.31. The van der Waals surface area contributed by atoms with Crippen molar-refractivity contribution >= 4 is 29.3 Å². The van der Waals surface area contributed by atoms with Gasteiger partial charge in [0.05, 0.1) is 12.5 Å². The Morgan fingerprint density at radius 3 is 2.71 bits per heavy atom. The van der Waals surface area contributed by atoms with E-state index in [0.29, 0.717) is 30.5 Å². The van der Waals surface area contributed by atoms with E-state index in [2.05, 4.69) is 4.99 Å². The number of carbonyl (C=O) groups excluding carboxylic acids is 2. The Morgan fingerprint density at radius 2 is 2.08 bits per heavy atom. The number of rotatable bonds is 2. The lowest BCUT2D eigenvalue weighted by Gasteiger charge is -2.32. The highest BCUT2D eigenvalue weighted by atomic mass is 35.5. The number of amides is 2. The fourth-order valence-electron chi connectivity index (χ4n) is 3.28. The minimum Gasteiger partial charge on any atom is -0.337 e. The third-order valence-corrected chi connectivity index (χ3v) is 4.71. The second-order valence-electron chi connectivity index (χ2n) is 7.28. The zero-order valence-corrected chi connectivity index (χ0v) is 15.0. The Labute approximate surface area is 147 Å². The molecule has 0 saturated carbocycles. The summed E-state index contributed by atoms with van der Waals surface area (Å²) in [4.78, 5) is 33.2. The lowest BCUT2D eigenvalue weighted by atomic mass is 10.1. The van der Waals surface area contributed by atoms with Gasteiger partial charge in [0.15, 0.2) is 0 Å². The molecule has 0 aromatic heterocycles. The smallest absolute Gasteiger partial charge is 0.233 e. The van der Waals surface area contributed by atoms with Gasteiger partial charge in [0.25, 0.3) is 0 Å². The van der Waals surface area contributed by atoms with Crippen molar-refractivity contribution in [2.75, 3.05) is 19.6 Å². The van der Waals surface area contributed by atoms with Crippen LogP contribution in [0.25, 0.3) is 0 Å². The predicted molar refractivity (Wildman–Crippen MR) is 94.1 cm³/mol. The molecule has 2 heterocycles. The van der Waals surface area contributed by atoms with Crippen molar-refractivity contribution in [3.63, 3.8) is 0 Å². The molecule has 0 radical (unpaired) electrons. The standard InChI is InChI=1S/C18H22ClN3O2/c1-18(2,3)22-11-13(10-15(22)23)17(24)21-8-7-20-16(21)12-5-4-6-14(19)9-12/h4-6,9,13H,7-8,10-11H2,1-3H3. The van der Waals surface area contributed by atoms with Crippen molar-refractivity contribution in [1.29, 1.82) is 0 Å². The summed E-state index contributed by atoms with van der Waals surface area (Å²) in [5.74, 6) is 0.371. The summed E-state index contributed by atoms with van der Waals surface area (Å²) in [6.07, 6.45) is 0.273. The first kappa shape index (κ1) is 17.0. The number of aliphatic imine (C=N–C) groups is 1. The number of likely N-dealkylation sites (tertiary alicyclic amines) is 1. The first-order valence-electron chi connectivity index (χ1n) is 8.19. The van der Waals surface area contributed by atoms with Crippen LogP contribution in [-0.4, -0.2) is 52.6 Å². The molecule has 1 saturated heterocycles. The molecule has 1 aromatic carbocycles. The summed E-state index contributed by atoms with van der Waals surface area (Å²) in [5, 5.41) is 0.615. The minimum atomic E-state index is -0.306. The van der Waals surface area contributed by atoms with Gasteiger partial charge >= 0.3 is 0 Å². The maximum absolute atomic E-state index is 13.0. The van der Waals surface area contributed by atoms with Crippen LogP contribution >= 0.6 is 11.6 Å². The van der Waals surface area contributed by atoms with Gasteiger partial charge in [-0.1, -0.05) is 23.7 Å². The largest absolute Gasteiger partial charge is 0.337 e. The zero-order chi connectivity index (χ0) is 17.5. The molecule has 128 valence electrons. The van der Waals surface area contributed by atoms with Gasteiger partial charge in [0, 0.05) is 35.6 Å². The average Bonchev–Trinajstić information content (AvgIpc) is 3.12. The summed E-state index contributed by atoms with van der Waals surface area (Å²) in [6, 6.07) is 7.36. The van der Waals surface area contributed by atoms with Crippen LogP contribution < -0.4 is 0 Å². The van der Waals surface area contributed by atoms with E-state index < -0.39 is 0 Å². The minimum absolute atomic E-state index is 0.0219. The van der Waals surface area contributed by atoms with Gasteiger partial charge in [-0.05, 0) is 32.9 Å². The van der Waals surface area contributed by atoms with Crippen molar-refractivity contribution in [3.05, 3.63) is 34.9 Å². The zero-order valence-electron chi connectivity index (χ0n) is 14.3. The lowest BCUT2D eigenvalue weighted by molar-refractivity contribution is -0.133. The third kappa shape index (κ3) is 3.18. The molecule has 24 heavy (non-hydrogen) atoms. The molecule has 0 bridgehead atoms. The van der Waals surface area contributed by atoms with Crippen LogP contribution in [0.2, 0.25) is 5.02 Å². The van der Waals surface area contributed by atoms with E-state index in [-0.39, 0.29) is 29.7 Å². The molecule has 3 rings (SSSR count). The van der Waals surface area contributed by atoms with Gasteiger partial charge in [-0.25, -0.2) is 0 Å². The van der Waals surface area contributed by atoms with Gasteiger partial charge in [-0.3, -0.25) is 19.5 Å². The van der Waals surface area contributed by atoms with Crippen molar-refractivity contribution in [2.45, 2.75) is 32.7 Å². The van der Waals surface area contributed by atoms with Crippen molar-refractivity contribution in [1.82, 2.24) is 9.80 Å². The van der Waals surface area contributed by atoms with E-state index in [9.17, 15) is 9.59 Å². The molecule has 6 heteroatoms. The molecule has 2 aliphatic heterocycles. The van der Waals surface area contributed by atoms with Crippen LogP contribution in [0.4, 0.5) is 0 Å². The van der Waals surface area contributed by atoms with Gasteiger partial charge in [0.1, 0.15) is 5.84 Å². The normalized spacial score (nSPS) is 21.4. The number of hydrogen-bond acceptors (Lipinski definition) is 3. The monoisotopic (exact) mass is 347 g/mol. The first-order chi connectivity index (χ1) is 11.3. The summed E-state index contributed by atoms with van der Waals surface area (Å²) in [6.45, 7) is 7.59. The fraction of sp³-hybridized carbons (Fsp3) is 0.500. The summed E-state index contributed by atoms with van der Waals surface area (Å²) >= 11 is 6.06. The van der Waals surface area contributed by atoms with E-state index >= 15 is 0 Å². The molecular weight excluding hydrogens is 326 g/mol. The van der Waals surface area contributed by atoms with Crippen LogP contribution in [0.5, 0.6) is 0 Å². The molecule has 0 spiro atoms. The molecular formula is C18H22ClN3O2. The lowest BCUT2D eigenvalue weighted by Crippen LogP contribution is -2.44. The second-order valence-corrected chi connectivity index (χ2v) is 7.72. The first-order valence-corrected chi connectivity index (χ1v) is 8.57. The number of hydrogen-bond donors (Lipinski definition) is 0. The molecule has 1 unspecified atom stereocenters. The number of halogens is 1. The number of benzene rings is 1. The van der Waals surface area contributed by atoms with Gasteiger partial charge in [-0.15, -0.1) is 0 Å². The topological polar surface area (TPSA) is 53.0 Å². The molecule has 2 amide bonds. The third-order valence-electron chi connectivity index (χ3n) is 4.47. The molecule has 0 aliphatic carbocycles. The molecule has 0 N–H and O–H groups in total. The Morgan fingerprint density at radius 1 is 1.33 bits per heavy atom. The molecule has 1 atom stereocenters. The van der Waals surface area contributed by atoms with Crippen LogP contribution in [0.3, 0.4) is 0 Å². The fourth-order valence-corrected chi connectivity index (χ4v) is 3.47. The second kappa shape index (κ2) is 6.20. The number of carbonyl (C=O) groups is 2. The van der Waals surface area contributed by atoms with E-state index in [1.165, 1.54) is 0 Å². The maximum Gasteiger partial charge on any atom is 0.233 e. The van der Waals surface area contributed by atoms with Crippen LogP contribution in [0.1, 0.15) is 32.8 Å². The maximum atomic E-state index is 13.0. The molecule has 5 nitrogen and oxygen atoms in total. The van der Waals surface area contributed by atoms with Crippen molar-refractivity contribution in [2.24, 2.45) is 10.9 Å². The van der Waals surface area contributed by atoms with E-state index in [0.717, 1.165) is 5.56 Å². The summed E-state index contributed by atoms with van der Waals surface area (Å²) < 4.78 is 0. The SMILES string of the molecule is CC(C)(C)N1CC(C(=O)N2CCN=C2c2cccc(Cl)c2)CC1=O. The van der Waals surface area contributed by atoms with Crippen LogP contribution in [0.15, 0.2) is 29.3 Å². The van der Waals surface area contributed by atoms with Crippen LogP contribution in [0, 0.1) is 5.92 Å². The number of nitrogens with zero attached hydrogens (tertiary/aromatic N) is 3. The molecule has 1 aromatic rings. The van der Waals surface area contributed by atoms with E-state index in [1.807, 2.05) is 39.0 Å². The Balaban J connectivity index is 1.78. The van der Waals surface area contributed by atoms with Gasteiger partial charge in [0.2, 0.25) is 11.8 Å². The molecule has 2 aliphatic rings. The van der Waals surface area contributed by atoms with Crippen molar-refractivity contribution < 1.29 is 9.59 Å². The highest BCUT2D eigenvalue weighted by Crippen LogP contribution is 2.28. The highest BCUT2D eigenvalue weighted by Gasteiger charge is 2.42. The predicted octanol–water partition coefficient (Wildman–Crippen LogP) is 2.58. The Kier molecular flexibility index (Phi) is 4.38. The summed E-state index contributed by atoms with van der Waals surface area (Å²) in [7, 11) is 0. The summed E-state index contributed by atoms with van der Waals surface area (Å²) in [5.41, 5.74) is 0.575. The average molecular weight is 348 g/mol. The Hall–Kier alpha value is -1.88. The van der Waals surface area contributed by atoms with Crippen molar-refractivity contribution in [3.8, 4) is 0 Å². The number of amidine groups is 1. The van der Waals surface area contributed by atoms with Crippen LogP contribution in [-0.2, 0) is 9.59 Å². The van der Waals surface area contributed by atoms with Gasteiger partial charge < -0.3 is 4.90 Å². The Bertz CT molecular complexity index is 708.